The van der Waals surface area contributed by atoms with Crippen molar-refractivity contribution < 1.29 is 9.53 Å². The Hall–Kier alpha value is -0.580. The molecule has 0 saturated carbocycles. The first-order chi connectivity index (χ1) is 8.08. The lowest BCUT2D eigenvalue weighted by Gasteiger charge is -2.31. The number of benzene rings is 1. The van der Waals surface area contributed by atoms with Gasteiger partial charge in [0.2, 0.25) is 0 Å². The summed E-state index contributed by atoms with van der Waals surface area (Å²) in [5.74, 6) is 0.0173. The lowest BCUT2D eigenvalue weighted by atomic mass is 10.2. The Morgan fingerprint density at radius 3 is 3.00 bits per heavy atom. The molecule has 1 aliphatic rings. The molecule has 3 nitrogen and oxygen atoms in total. The minimum Gasteiger partial charge on any atom is -0.375 e. The Morgan fingerprint density at radius 2 is 2.35 bits per heavy atom. The maximum atomic E-state index is 12.3. The smallest absolute Gasteiger partial charge is 0.255 e. The number of carbonyl (C=O) groups excluding carboxylic acids is 1. The average Bonchev–Trinajstić information content (AvgIpc) is 2.28. The number of carbonyl (C=O) groups is 1. The van der Waals surface area contributed by atoms with Crippen LogP contribution in [0.3, 0.4) is 0 Å². The maximum absolute atomic E-state index is 12.3. The van der Waals surface area contributed by atoms with Gasteiger partial charge >= 0.3 is 0 Å². The van der Waals surface area contributed by atoms with E-state index in [4.69, 9.17) is 16.3 Å². The second-order valence-electron chi connectivity index (χ2n) is 4.06. The SMILES string of the molecule is C[C@H]1CN(C(=O)c2ccc(Cl)cc2Br)CCO1. The summed E-state index contributed by atoms with van der Waals surface area (Å²) in [6.07, 6.45) is 0.0961. The molecule has 0 N–H and O–H groups in total. The lowest BCUT2D eigenvalue weighted by molar-refractivity contribution is -0.0124. The Balaban J connectivity index is 2.18. The minimum atomic E-state index is 0.0173. The summed E-state index contributed by atoms with van der Waals surface area (Å²) in [4.78, 5) is 14.1. The fraction of sp³-hybridized carbons (Fsp3) is 0.417. The van der Waals surface area contributed by atoms with Crippen LogP contribution in [0.4, 0.5) is 0 Å². The molecule has 1 aromatic rings. The van der Waals surface area contributed by atoms with Gasteiger partial charge in [0.1, 0.15) is 0 Å². The molecule has 0 radical (unpaired) electrons. The summed E-state index contributed by atoms with van der Waals surface area (Å²) in [7, 11) is 0. The van der Waals surface area contributed by atoms with Gasteiger partial charge in [-0.2, -0.15) is 0 Å². The molecule has 92 valence electrons. The summed E-state index contributed by atoms with van der Waals surface area (Å²) in [6.45, 7) is 3.83. The molecular formula is C12H13BrClNO2. The first kappa shape index (κ1) is 12.9. The molecule has 1 atom stereocenters. The Kier molecular flexibility index (Phi) is 4.07. The molecule has 0 aliphatic carbocycles. The van der Waals surface area contributed by atoms with E-state index < -0.39 is 0 Å². The molecule has 0 unspecified atom stereocenters. The third kappa shape index (κ3) is 3.00. The van der Waals surface area contributed by atoms with Crippen LogP contribution in [-0.4, -0.2) is 36.6 Å². The largest absolute Gasteiger partial charge is 0.375 e. The lowest BCUT2D eigenvalue weighted by Crippen LogP contribution is -2.44. The highest BCUT2D eigenvalue weighted by Crippen LogP contribution is 2.23. The third-order valence-corrected chi connectivity index (χ3v) is 3.58. The van der Waals surface area contributed by atoms with Gasteiger partial charge in [-0.15, -0.1) is 0 Å². The minimum absolute atomic E-state index is 0.0173. The molecule has 1 aliphatic heterocycles. The maximum Gasteiger partial charge on any atom is 0.255 e. The highest BCUT2D eigenvalue weighted by Gasteiger charge is 2.23. The van der Waals surface area contributed by atoms with Gasteiger partial charge in [-0.05, 0) is 41.1 Å². The van der Waals surface area contributed by atoms with Gasteiger partial charge in [0, 0.05) is 22.6 Å². The third-order valence-electron chi connectivity index (χ3n) is 2.69. The average molecular weight is 319 g/mol. The fourth-order valence-electron chi connectivity index (χ4n) is 1.84. The summed E-state index contributed by atoms with van der Waals surface area (Å²) in [5, 5.41) is 0.615. The summed E-state index contributed by atoms with van der Waals surface area (Å²) in [5.41, 5.74) is 0.642. The normalized spacial score (nSPS) is 20.4. The van der Waals surface area contributed by atoms with E-state index in [-0.39, 0.29) is 12.0 Å². The predicted octanol–water partition coefficient (Wildman–Crippen LogP) is 2.96. The molecule has 17 heavy (non-hydrogen) atoms. The quantitative estimate of drug-likeness (QED) is 0.797. The van der Waals surface area contributed by atoms with E-state index in [1.165, 1.54) is 0 Å². The van der Waals surface area contributed by atoms with Crippen molar-refractivity contribution in [2.45, 2.75) is 13.0 Å². The molecule has 1 saturated heterocycles. The van der Waals surface area contributed by atoms with Gasteiger partial charge in [0.25, 0.3) is 5.91 Å². The number of amides is 1. The highest BCUT2D eigenvalue weighted by atomic mass is 79.9. The van der Waals surface area contributed by atoms with Crippen LogP contribution < -0.4 is 0 Å². The zero-order chi connectivity index (χ0) is 12.4. The second-order valence-corrected chi connectivity index (χ2v) is 5.35. The van der Waals surface area contributed by atoms with E-state index in [1.807, 2.05) is 11.8 Å². The molecule has 5 heteroatoms. The van der Waals surface area contributed by atoms with Crippen molar-refractivity contribution in [2.75, 3.05) is 19.7 Å². The van der Waals surface area contributed by atoms with Crippen LogP contribution in [0.2, 0.25) is 5.02 Å². The molecule has 1 heterocycles. The first-order valence-corrected chi connectivity index (χ1v) is 6.61. The van der Waals surface area contributed by atoms with E-state index >= 15 is 0 Å². The zero-order valence-corrected chi connectivity index (χ0v) is 11.8. The van der Waals surface area contributed by atoms with Gasteiger partial charge in [-0.1, -0.05) is 11.6 Å². The molecular weight excluding hydrogens is 305 g/mol. The molecule has 1 fully saturated rings. The fourth-order valence-corrected chi connectivity index (χ4v) is 2.69. The number of rotatable bonds is 1. The first-order valence-electron chi connectivity index (χ1n) is 5.44. The van der Waals surface area contributed by atoms with Crippen LogP contribution in [0, 0.1) is 0 Å². The van der Waals surface area contributed by atoms with Crippen molar-refractivity contribution in [3.05, 3.63) is 33.3 Å². The topological polar surface area (TPSA) is 29.5 Å². The molecule has 0 bridgehead atoms. The van der Waals surface area contributed by atoms with Crippen LogP contribution in [0.1, 0.15) is 17.3 Å². The number of hydrogen-bond acceptors (Lipinski definition) is 2. The van der Waals surface area contributed by atoms with E-state index in [0.717, 1.165) is 4.47 Å². The summed E-state index contributed by atoms with van der Waals surface area (Å²) < 4.78 is 6.15. The van der Waals surface area contributed by atoms with Crippen LogP contribution in [0.15, 0.2) is 22.7 Å². The van der Waals surface area contributed by atoms with Crippen LogP contribution in [0.25, 0.3) is 0 Å². The molecule has 0 aromatic heterocycles. The van der Waals surface area contributed by atoms with Crippen molar-refractivity contribution in [2.24, 2.45) is 0 Å². The number of morpholine rings is 1. The van der Waals surface area contributed by atoms with Crippen LogP contribution in [0.5, 0.6) is 0 Å². The van der Waals surface area contributed by atoms with Gasteiger partial charge in [0.05, 0.1) is 18.3 Å². The van der Waals surface area contributed by atoms with Crippen LogP contribution in [-0.2, 0) is 4.74 Å². The Labute approximate surface area is 114 Å². The van der Waals surface area contributed by atoms with Crippen molar-refractivity contribution in [3.8, 4) is 0 Å². The summed E-state index contributed by atoms with van der Waals surface area (Å²) in [6, 6.07) is 5.21. The van der Waals surface area contributed by atoms with Crippen molar-refractivity contribution in [3.63, 3.8) is 0 Å². The number of nitrogens with zero attached hydrogens (tertiary/aromatic N) is 1. The standard InChI is InChI=1S/C12H13BrClNO2/c1-8-7-15(4-5-17-8)12(16)10-3-2-9(14)6-11(10)13/h2-3,6,8H,4-5,7H2,1H3/t8-/m0/s1. The van der Waals surface area contributed by atoms with Crippen LogP contribution >= 0.6 is 27.5 Å². The Bertz CT molecular complexity index is 439. The van der Waals surface area contributed by atoms with Crippen molar-refractivity contribution >= 4 is 33.4 Å². The second kappa shape index (κ2) is 5.38. The Morgan fingerprint density at radius 1 is 1.59 bits per heavy atom. The van der Waals surface area contributed by atoms with Gasteiger partial charge in [-0.3, -0.25) is 4.79 Å². The van der Waals surface area contributed by atoms with E-state index in [9.17, 15) is 4.79 Å². The van der Waals surface area contributed by atoms with E-state index in [2.05, 4.69) is 15.9 Å². The molecule has 1 aromatic carbocycles. The van der Waals surface area contributed by atoms with Gasteiger partial charge in [-0.25, -0.2) is 0 Å². The number of ether oxygens (including phenoxy) is 1. The predicted molar refractivity (Wildman–Crippen MR) is 70.5 cm³/mol. The summed E-state index contributed by atoms with van der Waals surface area (Å²) >= 11 is 9.22. The van der Waals surface area contributed by atoms with Crippen molar-refractivity contribution in [1.82, 2.24) is 4.90 Å². The number of hydrogen-bond donors (Lipinski definition) is 0. The van der Waals surface area contributed by atoms with Gasteiger partial charge < -0.3 is 9.64 Å². The monoisotopic (exact) mass is 317 g/mol. The highest BCUT2D eigenvalue weighted by molar-refractivity contribution is 9.10. The van der Waals surface area contributed by atoms with Gasteiger partial charge in [0.15, 0.2) is 0 Å². The van der Waals surface area contributed by atoms with E-state index in [0.29, 0.717) is 30.3 Å². The molecule has 2 rings (SSSR count). The molecule has 1 amide bonds. The number of halogens is 2. The van der Waals surface area contributed by atoms with Crippen molar-refractivity contribution in [1.29, 1.82) is 0 Å². The molecule has 0 spiro atoms. The zero-order valence-electron chi connectivity index (χ0n) is 9.45. The van der Waals surface area contributed by atoms with E-state index in [1.54, 1.807) is 18.2 Å².